The van der Waals surface area contributed by atoms with Crippen molar-refractivity contribution in [3.63, 3.8) is 0 Å². The first-order valence-corrected chi connectivity index (χ1v) is 6.65. The van der Waals surface area contributed by atoms with Crippen LogP contribution in [-0.2, 0) is 16.1 Å². The minimum atomic E-state index is -0.634. The lowest BCUT2D eigenvalue weighted by atomic mass is 10.3. The molecule has 0 aliphatic heterocycles. The lowest BCUT2D eigenvalue weighted by Gasteiger charge is -2.02. The van der Waals surface area contributed by atoms with E-state index in [1.807, 2.05) is 0 Å². The maximum Gasteiger partial charge on any atom is 0.353 e. The van der Waals surface area contributed by atoms with Crippen LogP contribution in [0.25, 0.3) is 11.3 Å². The van der Waals surface area contributed by atoms with Gasteiger partial charge in [-0.15, -0.1) is 0 Å². The quantitative estimate of drug-likeness (QED) is 0.707. The van der Waals surface area contributed by atoms with Gasteiger partial charge in [0.1, 0.15) is 6.54 Å². The number of benzene rings is 1. The number of aromatic nitrogens is 4. The zero-order valence-corrected chi connectivity index (χ0v) is 12.2. The van der Waals surface area contributed by atoms with Crippen LogP contribution >= 0.6 is 11.6 Å². The molecule has 0 unspecified atom stereocenters. The largest absolute Gasteiger partial charge is 0.468 e. The summed E-state index contributed by atoms with van der Waals surface area (Å²) in [6, 6.07) is 6.71. The minimum Gasteiger partial charge on any atom is -0.468 e. The summed E-state index contributed by atoms with van der Waals surface area (Å²) in [6.07, 6.45) is 1.46. The topological polar surface area (TPSA) is 90.5 Å². The normalized spacial score (nSPS) is 11.0. The summed E-state index contributed by atoms with van der Waals surface area (Å²) in [5, 5.41) is 0.478. The van der Waals surface area contributed by atoms with Gasteiger partial charge in [0.2, 0.25) is 0 Å². The predicted molar refractivity (Wildman–Crippen MR) is 78.6 cm³/mol. The number of aromatic amines is 1. The van der Waals surface area contributed by atoms with Crippen LogP contribution in [0.3, 0.4) is 0 Å². The summed E-state index contributed by atoms with van der Waals surface area (Å²) in [5.74, 6) is -0.634. The lowest BCUT2D eigenvalue weighted by molar-refractivity contribution is -0.141. The zero-order chi connectivity index (χ0) is 15.9. The van der Waals surface area contributed by atoms with Crippen molar-refractivity contribution in [2.24, 2.45) is 0 Å². The number of nitrogens with zero attached hydrogens (tertiary/aromatic N) is 3. The van der Waals surface area contributed by atoms with Crippen LogP contribution in [0.15, 0.2) is 40.1 Å². The first kappa shape index (κ1) is 14.2. The number of imidazole rings is 1. The number of carbonyl (C=O) groups excluding carboxylic acids is 1. The molecular weight excluding hydrogens is 312 g/mol. The molecule has 0 amide bonds. The fourth-order valence-electron chi connectivity index (χ4n) is 2.16. The van der Waals surface area contributed by atoms with Gasteiger partial charge in [0.25, 0.3) is 0 Å². The van der Waals surface area contributed by atoms with E-state index in [1.165, 1.54) is 17.9 Å². The highest BCUT2D eigenvalue weighted by Crippen LogP contribution is 2.13. The van der Waals surface area contributed by atoms with E-state index in [-0.39, 0.29) is 12.2 Å². The molecule has 3 aromatic rings. The van der Waals surface area contributed by atoms with Gasteiger partial charge in [-0.1, -0.05) is 17.7 Å². The van der Waals surface area contributed by atoms with Crippen LogP contribution in [0.2, 0.25) is 5.02 Å². The van der Waals surface area contributed by atoms with Gasteiger partial charge in [-0.25, -0.2) is 14.3 Å². The van der Waals surface area contributed by atoms with Crippen molar-refractivity contribution in [1.82, 2.24) is 18.7 Å². The van der Waals surface area contributed by atoms with Crippen molar-refractivity contribution in [2.75, 3.05) is 7.11 Å². The monoisotopic (exact) mass is 322 g/mol. The van der Waals surface area contributed by atoms with Crippen LogP contribution in [-0.4, -0.2) is 31.8 Å². The Kier molecular flexibility index (Phi) is 3.38. The highest BCUT2D eigenvalue weighted by atomic mass is 35.5. The molecule has 0 saturated heterocycles. The summed E-state index contributed by atoms with van der Waals surface area (Å²) < 4.78 is 7.91. The van der Waals surface area contributed by atoms with Crippen molar-refractivity contribution in [1.29, 1.82) is 0 Å². The van der Waals surface area contributed by atoms with Gasteiger partial charge in [-0.2, -0.15) is 4.52 Å². The first-order chi connectivity index (χ1) is 10.5. The van der Waals surface area contributed by atoms with E-state index in [1.54, 1.807) is 24.3 Å². The number of H-pyrrole nitrogens is 1. The van der Waals surface area contributed by atoms with E-state index < -0.39 is 17.3 Å². The Morgan fingerprint density at radius 3 is 2.82 bits per heavy atom. The molecule has 0 atom stereocenters. The molecule has 0 radical (unpaired) electrons. The molecule has 22 heavy (non-hydrogen) atoms. The van der Waals surface area contributed by atoms with Crippen LogP contribution in [0.1, 0.15) is 0 Å². The Hall–Kier alpha value is -2.74. The van der Waals surface area contributed by atoms with Crippen LogP contribution in [0.5, 0.6) is 0 Å². The number of hydrogen-bond acceptors (Lipinski definition) is 4. The smallest absolute Gasteiger partial charge is 0.353 e. The number of methoxy groups -OCH3 is 1. The number of fused-ring (bicyclic) bond motifs is 1. The summed E-state index contributed by atoms with van der Waals surface area (Å²) in [7, 11) is 1.21. The first-order valence-electron chi connectivity index (χ1n) is 6.27. The third kappa shape index (κ3) is 2.23. The molecule has 1 N–H and O–H groups in total. The number of halogens is 1. The van der Waals surface area contributed by atoms with Crippen molar-refractivity contribution in [3.8, 4) is 5.69 Å². The SMILES string of the molecule is COC(=O)Cn1c(=O)[nH]c2cn(-c3cccc(Cl)c3)c(=O)n21. The second kappa shape index (κ2) is 5.23. The number of hydrogen-bond donors (Lipinski definition) is 1. The Morgan fingerprint density at radius 2 is 2.14 bits per heavy atom. The number of esters is 1. The van der Waals surface area contributed by atoms with E-state index in [0.29, 0.717) is 10.7 Å². The van der Waals surface area contributed by atoms with Gasteiger partial charge in [0.05, 0.1) is 19.0 Å². The van der Waals surface area contributed by atoms with Gasteiger partial charge >= 0.3 is 17.3 Å². The molecule has 0 saturated carbocycles. The average molecular weight is 323 g/mol. The second-order valence-corrected chi connectivity index (χ2v) is 4.96. The maximum absolute atomic E-state index is 12.5. The summed E-state index contributed by atoms with van der Waals surface area (Å²) in [4.78, 5) is 38.2. The number of nitrogens with one attached hydrogen (secondary N) is 1. The molecule has 0 aliphatic carbocycles. The maximum atomic E-state index is 12.5. The molecule has 2 aromatic heterocycles. The summed E-state index contributed by atoms with van der Waals surface area (Å²) in [6.45, 7) is -0.366. The number of rotatable bonds is 3. The Bertz CT molecular complexity index is 978. The lowest BCUT2D eigenvalue weighted by Crippen LogP contribution is -2.32. The highest BCUT2D eigenvalue weighted by molar-refractivity contribution is 6.30. The van der Waals surface area contributed by atoms with E-state index in [2.05, 4.69) is 9.72 Å². The minimum absolute atomic E-state index is 0.263. The fraction of sp³-hybridized carbons (Fsp3) is 0.154. The van der Waals surface area contributed by atoms with Gasteiger partial charge in [-0.3, -0.25) is 14.3 Å². The fourth-order valence-corrected chi connectivity index (χ4v) is 2.35. The molecule has 8 nitrogen and oxygen atoms in total. The second-order valence-electron chi connectivity index (χ2n) is 4.52. The summed E-state index contributed by atoms with van der Waals surface area (Å²) >= 11 is 5.92. The third-order valence-electron chi connectivity index (χ3n) is 3.17. The average Bonchev–Trinajstić information content (AvgIpc) is 2.96. The molecule has 3 rings (SSSR count). The Labute approximate surface area is 128 Å². The van der Waals surface area contributed by atoms with E-state index in [0.717, 1.165) is 9.20 Å². The standard InChI is InChI=1S/C13H11ClN4O4/c1-22-11(19)7-17-12(20)15-10-6-16(13(21)18(10)17)9-4-2-3-8(14)5-9/h2-6H,7H2,1H3,(H,15,20). The zero-order valence-electron chi connectivity index (χ0n) is 11.4. The molecule has 1 aromatic carbocycles. The number of ether oxygens (including phenoxy) is 1. The van der Waals surface area contributed by atoms with E-state index in [9.17, 15) is 14.4 Å². The van der Waals surface area contributed by atoms with E-state index in [4.69, 9.17) is 11.6 Å². The third-order valence-corrected chi connectivity index (χ3v) is 3.41. The predicted octanol–water partition coefficient (Wildman–Crippen LogP) is 0.406. The van der Waals surface area contributed by atoms with Crippen LogP contribution < -0.4 is 11.4 Å². The van der Waals surface area contributed by atoms with Gasteiger partial charge < -0.3 is 4.74 Å². The summed E-state index contributed by atoms with van der Waals surface area (Å²) in [5.41, 5.74) is -0.263. The van der Waals surface area contributed by atoms with Crippen molar-refractivity contribution in [2.45, 2.75) is 6.54 Å². The van der Waals surface area contributed by atoms with Crippen molar-refractivity contribution >= 4 is 23.2 Å². The molecular formula is C13H11ClN4O4. The highest BCUT2D eigenvalue weighted by Gasteiger charge is 2.16. The molecule has 9 heteroatoms. The molecule has 2 heterocycles. The van der Waals surface area contributed by atoms with Crippen LogP contribution in [0, 0.1) is 0 Å². The molecule has 0 bridgehead atoms. The molecule has 0 fully saturated rings. The van der Waals surface area contributed by atoms with Gasteiger partial charge in [0.15, 0.2) is 5.65 Å². The van der Waals surface area contributed by atoms with Crippen molar-refractivity contribution < 1.29 is 9.53 Å². The van der Waals surface area contributed by atoms with Crippen LogP contribution in [0.4, 0.5) is 0 Å². The Morgan fingerprint density at radius 1 is 1.36 bits per heavy atom. The molecule has 114 valence electrons. The number of carbonyl (C=O) groups is 1. The van der Waals surface area contributed by atoms with Crippen molar-refractivity contribution in [3.05, 3.63) is 56.5 Å². The Balaban J connectivity index is 2.21. The molecule has 0 spiro atoms. The van der Waals surface area contributed by atoms with Gasteiger partial charge in [-0.05, 0) is 18.2 Å². The molecule has 0 aliphatic rings. The van der Waals surface area contributed by atoms with Gasteiger partial charge in [0, 0.05) is 5.02 Å². The van der Waals surface area contributed by atoms with E-state index >= 15 is 0 Å².